The van der Waals surface area contributed by atoms with Gasteiger partial charge in [0.2, 0.25) is 11.8 Å². The van der Waals surface area contributed by atoms with Crippen molar-refractivity contribution in [2.45, 2.75) is 50.6 Å². The van der Waals surface area contributed by atoms with Crippen LogP contribution in [0.4, 0.5) is 0 Å². The molecule has 10 N–H and O–H groups in total. The Bertz CT molecular complexity index is 445. The molecule has 2 amide bonds. The smallest absolute Gasteiger partial charge is 0.548 e. The van der Waals surface area contributed by atoms with Crippen molar-refractivity contribution < 1.29 is 88.5 Å². The van der Waals surface area contributed by atoms with Crippen LogP contribution in [0.25, 0.3) is 0 Å². The van der Waals surface area contributed by atoms with E-state index in [-0.39, 0.29) is 72.2 Å². The number of amides is 2. The summed E-state index contributed by atoms with van der Waals surface area (Å²) in [4.78, 5) is 42.7. The van der Waals surface area contributed by atoms with Gasteiger partial charge in [-0.15, -0.1) is 0 Å². The van der Waals surface area contributed by atoms with Crippen LogP contribution in [-0.4, -0.2) is 62.0 Å². The van der Waals surface area contributed by atoms with E-state index in [1.54, 1.807) is 0 Å². The van der Waals surface area contributed by atoms with Gasteiger partial charge in [-0.3, -0.25) is 9.59 Å². The van der Waals surface area contributed by atoms with E-state index < -0.39 is 35.8 Å². The Hall–Kier alpha value is -0.280. The third-order valence-electron chi connectivity index (χ3n) is 3.50. The topological polar surface area (TPSA) is 243 Å². The quantitative estimate of drug-likeness (QED) is 0.108. The molecule has 0 aliphatic heterocycles. The molecule has 12 nitrogen and oxygen atoms in total. The average Bonchev–Trinajstić information content (AvgIpc) is 2.66. The Morgan fingerprint density at radius 2 is 0.933 bits per heavy atom. The van der Waals surface area contributed by atoms with E-state index in [2.05, 4.69) is 10.6 Å². The zero-order valence-electron chi connectivity index (χ0n) is 18.0. The molecule has 0 fully saturated rings. The largest absolute Gasteiger partial charge is 1.00 e. The first kappa shape index (κ1) is 37.1. The van der Waals surface area contributed by atoms with Crippen LogP contribution in [0.5, 0.6) is 0 Å². The number of carbonyl (C=O) groups excluding carboxylic acids is 4. The molecule has 0 saturated heterocycles. The first-order valence-electron chi connectivity index (χ1n) is 9.04. The number of carboxylic acids is 2. The number of nitrogens with two attached hydrogens (primary N) is 4. The molecule has 0 unspecified atom stereocenters. The van der Waals surface area contributed by atoms with Gasteiger partial charge in [-0.2, -0.15) is 0 Å². The van der Waals surface area contributed by atoms with Gasteiger partial charge in [0.05, 0.1) is 37.1 Å². The summed E-state index contributed by atoms with van der Waals surface area (Å²) in [6, 6.07) is -1.92. The Labute approximate surface area is 221 Å². The van der Waals surface area contributed by atoms with Gasteiger partial charge in [-0.05, 0) is 51.6 Å². The molecule has 14 heteroatoms. The van der Waals surface area contributed by atoms with E-state index >= 15 is 0 Å². The molecular formula is C16H32N6Na2O6. The summed E-state index contributed by atoms with van der Waals surface area (Å²) in [5, 5.41) is 25.6. The van der Waals surface area contributed by atoms with Crippen LogP contribution < -0.4 is 103 Å². The van der Waals surface area contributed by atoms with Gasteiger partial charge < -0.3 is 53.4 Å². The predicted octanol–water partition coefficient (Wildman–Crippen LogP) is -11.4. The van der Waals surface area contributed by atoms with Crippen LogP contribution in [0.1, 0.15) is 38.5 Å². The Morgan fingerprint density at radius 3 is 1.13 bits per heavy atom. The van der Waals surface area contributed by atoms with Crippen molar-refractivity contribution in [2.75, 3.05) is 26.2 Å². The number of nitrogens with one attached hydrogen (secondary N) is 2. The minimum atomic E-state index is -1.29. The fourth-order valence-corrected chi connectivity index (χ4v) is 1.99. The predicted molar refractivity (Wildman–Crippen MR) is 97.8 cm³/mol. The van der Waals surface area contributed by atoms with Crippen molar-refractivity contribution >= 4 is 23.8 Å². The summed E-state index contributed by atoms with van der Waals surface area (Å²) >= 11 is 0. The third kappa shape index (κ3) is 22.4. The van der Waals surface area contributed by atoms with E-state index in [0.29, 0.717) is 38.8 Å². The molecule has 30 heavy (non-hydrogen) atoms. The van der Waals surface area contributed by atoms with Gasteiger partial charge in [0.1, 0.15) is 0 Å². The molecule has 0 aliphatic carbocycles. The SMILES string of the molecule is NCCCC[C@H](NC(=O)CN)C(=O)[O-].NCCCC[C@H](NC(=O)CN)C(=O)[O-].[Na+].[Na+]. The first-order valence-corrected chi connectivity index (χ1v) is 9.04. The maximum atomic E-state index is 10.8. The van der Waals surface area contributed by atoms with E-state index in [9.17, 15) is 29.4 Å². The molecule has 164 valence electrons. The molecule has 0 aromatic carbocycles. The maximum Gasteiger partial charge on any atom is 1.00 e. The van der Waals surface area contributed by atoms with Crippen molar-refractivity contribution in [1.29, 1.82) is 0 Å². The number of aliphatic carboxylic acids is 2. The van der Waals surface area contributed by atoms with Gasteiger partial charge in [0.25, 0.3) is 0 Å². The van der Waals surface area contributed by atoms with E-state index in [4.69, 9.17) is 22.9 Å². The van der Waals surface area contributed by atoms with Crippen LogP contribution >= 0.6 is 0 Å². The molecule has 2 atom stereocenters. The minimum Gasteiger partial charge on any atom is -0.548 e. The zero-order chi connectivity index (χ0) is 21.9. The molecule has 0 saturated carbocycles. The molecule has 0 aromatic rings. The standard InChI is InChI=1S/2C8H17N3O3.2Na/c2*9-4-2-1-3-6(8(13)14)11-7(12)5-10;;/h2*6H,1-5,9-10H2,(H,11,12)(H,13,14);;/q;;2*+1/p-2/t2*6-;;/m00../s1. The Balaban J connectivity index is -0.000000211. The summed E-state index contributed by atoms with van der Waals surface area (Å²) in [6.45, 7) is 0.566. The summed E-state index contributed by atoms with van der Waals surface area (Å²) in [5.74, 6) is -3.56. The second-order valence-corrected chi connectivity index (χ2v) is 5.86. The van der Waals surface area contributed by atoms with Crippen LogP contribution in [-0.2, 0) is 19.2 Å². The maximum absolute atomic E-state index is 10.8. The average molecular weight is 450 g/mol. The van der Waals surface area contributed by atoms with Gasteiger partial charge in [0.15, 0.2) is 0 Å². The van der Waals surface area contributed by atoms with Crippen LogP contribution in [0.2, 0.25) is 0 Å². The van der Waals surface area contributed by atoms with E-state index in [1.165, 1.54) is 0 Å². The van der Waals surface area contributed by atoms with Crippen molar-refractivity contribution in [3.63, 3.8) is 0 Å². The van der Waals surface area contributed by atoms with Crippen LogP contribution in [0, 0.1) is 0 Å². The number of hydrogen-bond donors (Lipinski definition) is 6. The van der Waals surface area contributed by atoms with Crippen molar-refractivity contribution in [1.82, 2.24) is 10.6 Å². The second kappa shape index (κ2) is 25.0. The number of unbranched alkanes of at least 4 members (excludes halogenated alkanes) is 2. The molecular weight excluding hydrogens is 418 g/mol. The molecule has 0 radical (unpaired) electrons. The number of hydrogen-bond acceptors (Lipinski definition) is 10. The van der Waals surface area contributed by atoms with E-state index in [0.717, 1.165) is 12.8 Å². The van der Waals surface area contributed by atoms with Gasteiger partial charge in [0, 0.05) is 0 Å². The third-order valence-corrected chi connectivity index (χ3v) is 3.50. The zero-order valence-corrected chi connectivity index (χ0v) is 22.0. The number of carboxylic acid groups (broad SMARTS) is 2. The van der Waals surface area contributed by atoms with Crippen molar-refractivity contribution in [3.05, 3.63) is 0 Å². The van der Waals surface area contributed by atoms with Gasteiger partial charge in [-0.25, -0.2) is 0 Å². The first-order chi connectivity index (χ1) is 13.2. The van der Waals surface area contributed by atoms with Crippen LogP contribution in [0.15, 0.2) is 0 Å². The van der Waals surface area contributed by atoms with Gasteiger partial charge >= 0.3 is 59.1 Å². The van der Waals surface area contributed by atoms with Crippen molar-refractivity contribution in [2.24, 2.45) is 22.9 Å². The molecule has 0 bridgehead atoms. The molecule has 0 aromatic heterocycles. The normalized spacial score (nSPS) is 11.3. The fraction of sp³-hybridized carbons (Fsp3) is 0.750. The Kier molecular flexibility index (Phi) is 30.9. The summed E-state index contributed by atoms with van der Waals surface area (Å²) < 4.78 is 0. The Morgan fingerprint density at radius 1 is 0.633 bits per heavy atom. The molecule has 0 aliphatic rings. The van der Waals surface area contributed by atoms with Crippen LogP contribution in [0.3, 0.4) is 0 Å². The second-order valence-electron chi connectivity index (χ2n) is 5.86. The summed E-state index contributed by atoms with van der Waals surface area (Å²) in [5.41, 5.74) is 20.6. The summed E-state index contributed by atoms with van der Waals surface area (Å²) in [7, 11) is 0. The van der Waals surface area contributed by atoms with Crippen molar-refractivity contribution in [3.8, 4) is 0 Å². The van der Waals surface area contributed by atoms with Gasteiger partial charge in [-0.1, -0.05) is 0 Å². The monoisotopic (exact) mass is 450 g/mol. The number of carbonyl (C=O) groups is 4. The van der Waals surface area contributed by atoms with E-state index in [1.807, 2.05) is 0 Å². The number of rotatable bonds is 14. The fourth-order valence-electron chi connectivity index (χ4n) is 1.99. The minimum absolute atomic E-state index is 0. The molecule has 0 spiro atoms. The molecule has 0 rings (SSSR count). The summed E-state index contributed by atoms with van der Waals surface area (Å²) in [6.07, 6.45) is 3.38. The molecule has 0 heterocycles.